The summed E-state index contributed by atoms with van der Waals surface area (Å²) in [6.07, 6.45) is 2.89. The molecule has 2 aliphatic heterocycles. The number of hydrogen-bond acceptors (Lipinski definition) is 5. The molecule has 25 heavy (non-hydrogen) atoms. The lowest BCUT2D eigenvalue weighted by molar-refractivity contribution is -0.145. The molecule has 0 bridgehead atoms. The fourth-order valence-electron chi connectivity index (χ4n) is 3.57. The van der Waals surface area contributed by atoms with Gasteiger partial charge in [0.1, 0.15) is 11.5 Å². The zero-order chi connectivity index (χ0) is 17.8. The Morgan fingerprint density at radius 3 is 2.72 bits per heavy atom. The fourth-order valence-corrected chi connectivity index (χ4v) is 3.57. The highest BCUT2D eigenvalue weighted by Crippen LogP contribution is 2.41. The van der Waals surface area contributed by atoms with Crippen LogP contribution in [0.5, 0.6) is 11.5 Å². The van der Waals surface area contributed by atoms with Crippen LogP contribution in [0.3, 0.4) is 0 Å². The Kier molecular flexibility index (Phi) is 5.68. The maximum atomic E-state index is 11.3. The molecule has 1 aromatic rings. The van der Waals surface area contributed by atoms with E-state index in [9.17, 15) is 9.90 Å². The number of fused-ring (bicyclic) bond motifs is 1. The average molecular weight is 348 g/mol. The van der Waals surface area contributed by atoms with Crippen LogP contribution in [0.25, 0.3) is 0 Å². The molecule has 3 rings (SSSR count). The summed E-state index contributed by atoms with van der Waals surface area (Å²) in [5.74, 6) is 0.637. The monoisotopic (exact) mass is 348 g/mol. The molecule has 0 unspecified atom stereocenters. The molecule has 1 N–H and O–H groups in total. The lowest BCUT2D eigenvalue weighted by atomic mass is 10.00. The van der Waals surface area contributed by atoms with Gasteiger partial charge in [-0.2, -0.15) is 0 Å². The molecular weight excluding hydrogens is 320 g/mol. The lowest BCUT2D eigenvalue weighted by Crippen LogP contribution is -2.47. The van der Waals surface area contributed by atoms with E-state index >= 15 is 0 Å². The van der Waals surface area contributed by atoms with Crippen molar-refractivity contribution in [2.45, 2.75) is 38.7 Å². The Morgan fingerprint density at radius 1 is 1.32 bits per heavy atom. The number of carboxylic acid groups (broad SMARTS) is 1. The maximum Gasteiger partial charge on any atom is 0.344 e. The quantitative estimate of drug-likeness (QED) is 0.852. The second-order valence-electron chi connectivity index (χ2n) is 6.80. The van der Waals surface area contributed by atoms with Gasteiger partial charge in [0.25, 0.3) is 0 Å². The van der Waals surface area contributed by atoms with Crippen molar-refractivity contribution in [3.05, 3.63) is 17.7 Å². The van der Waals surface area contributed by atoms with Crippen LogP contribution in [0.4, 0.5) is 5.69 Å². The van der Waals surface area contributed by atoms with Gasteiger partial charge in [-0.05, 0) is 31.9 Å². The molecule has 138 valence electrons. The molecule has 1 saturated heterocycles. The van der Waals surface area contributed by atoms with Gasteiger partial charge in [-0.25, -0.2) is 4.79 Å². The van der Waals surface area contributed by atoms with Gasteiger partial charge in [0, 0.05) is 37.8 Å². The topological polar surface area (TPSA) is 62.2 Å². The number of rotatable bonds is 6. The summed E-state index contributed by atoms with van der Waals surface area (Å²) < 4.78 is 11.3. The number of carbonyl (C=O) groups is 1. The summed E-state index contributed by atoms with van der Waals surface area (Å²) in [6.45, 7) is 7.25. The minimum absolute atomic E-state index is 0.500. The van der Waals surface area contributed by atoms with Gasteiger partial charge in [0.15, 0.2) is 6.10 Å². The molecule has 1 fully saturated rings. The van der Waals surface area contributed by atoms with Gasteiger partial charge in [0.05, 0.1) is 12.8 Å². The van der Waals surface area contributed by atoms with Crippen molar-refractivity contribution in [1.82, 2.24) is 4.90 Å². The van der Waals surface area contributed by atoms with Crippen LogP contribution in [-0.2, 0) is 11.2 Å². The Labute approximate surface area is 149 Å². The number of methoxy groups -OCH3 is 1. The number of unbranched alkanes of at least 4 members (excludes halogenated alkanes) is 1. The first kappa shape index (κ1) is 17.9. The standard InChI is InChI=1S/C19H28N2O4/c1-3-4-7-20-8-10-21(11-9-20)16-13-15(24-2)12-14-5-6-17(19(22)23)25-18(14)16/h12-13,17H,3-11H2,1-2H3,(H,22,23)/t17-/m0/s1. The molecule has 0 amide bonds. The molecule has 6 nitrogen and oxygen atoms in total. The number of hydrogen-bond donors (Lipinski definition) is 1. The number of piperazine rings is 1. The van der Waals surface area contributed by atoms with Crippen LogP contribution in [-0.4, -0.2) is 61.9 Å². The molecule has 1 aromatic carbocycles. The predicted octanol–water partition coefficient (Wildman–Crippen LogP) is 2.40. The van der Waals surface area contributed by atoms with E-state index in [1.54, 1.807) is 7.11 Å². The van der Waals surface area contributed by atoms with E-state index in [2.05, 4.69) is 16.7 Å². The van der Waals surface area contributed by atoms with Crippen molar-refractivity contribution >= 4 is 11.7 Å². The number of anilines is 1. The third kappa shape index (κ3) is 4.00. The SMILES string of the molecule is CCCCN1CCN(c2cc(OC)cc3c2O[C@H](C(=O)O)CC3)CC1. The minimum Gasteiger partial charge on any atom is -0.497 e. The molecule has 0 radical (unpaired) electrons. The molecular formula is C19H28N2O4. The second-order valence-corrected chi connectivity index (χ2v) is 6.80. The Balaban J connectivity index is 1.80. The summed E-state index contributed by atoms with van der Waals surface area (Å²) >= 11 is 0. The molecule has 1 atom stereocenters. The van der Waals surface area contributed by atoms with Crippen molar-refractivity contribution in [3.63, 3.8) is 0 Å². The first-order chi connectivity index (χ1) is 12.1. The predicted molar refractivity (Wildman–Crippen MR) is 96.9 cm³/mol. The highest BCUT2D eigenvalue weighted by atomic mass is 16.5. The summed E-state index contributed by atoms with van der Waals surface area (Å²) in [5, 5.41) is 9.31. The number of aliphatic carboxylic acids is 1. The van der Waals surface area contributed by atoms with Gasteiger partial charge in [0.2, 0.25) is 0 Å². The van der Waals surface area contributed by atoms with E-state index in [1.807, 2.05) is 12.1 Å². The Hall–Kier alpha value is -1.95. The van der Waals surface area contributed by atoms with Crippen LogP contribution in [0.1, 0.15) is 31.7 Å². The van der Waals surface area contributed by atoms with E-state index in [-0.39, 0.29) is 0 Å². The van der Waals surface area contributed by atoms with Gasteiger partial charge in [-0.3, -0.25) is 4.90 Å². The fraction of sp³-hybridized carbons (Fsp3) is 0.632. The minimum atomic E-state index is -0.892. The summed E-state index contributed by atoms with van der Waals surface area (Å²) in [6, 6.07) is 3.94. The van der Waals surface area contributed by atoms with E-state index in [0.29, 0.717) is 12.8 Å². The Bertz CT molecular complexity index is 612. The van der Waals surface area contributed by atoms with Crippen molar-refractivity contribution in [3.8, 4) is 11.5 Å². The van der Waals surface area contributed by atoms with Gasteiger partial charge in [-0.1, -0.05) is 13.3 Å². The number of ether oxygens (including phenoxy) is 2. The highest BCUT2D eigenvalue weighted by molar-refractivity contribution is 5.75. The largest absolute Gasteiger partial charge is 0.497 e. The van der Waals surface area contributed by atoms with Gasteiger partial charge in [-0.15, -0.1) is 0 Å². The number of nitrogens with zero attached hydrogens (tertiary/aromatic N) is 2. The molecule has 0 saturated carbocycles. The van der Waals surface area contributed by atoms with E-state index in [0.717, 1.165) is 55.5 Å². The highest BCUT2D eigenvalue weighted by Gasteiger charge is 2.30. The maximum absolute atomic E-state index is 11.3. The zero-order valence-electron chi connectivity index (χ0n) is 15.2. The molecule has 0 aliphatic carbocycles. The first-order valence-electron chi connectivity index (χ1n) is 9.20. The van der Waals surface area contributed by atoms with Gasteiger partial charge < -0.3 is 19.5 Å². The summed E-state index contributed by atoms with van der Waals surface area (Å²) in [7, 11) is 1.66. The molecule has 2 heterocycles. The summed E-state index contributed by atoms with van der Waals surface area (Å²) in [4.78, 5) is 16.1. The van der Waals surface area contributed by atoms with Crippen molar-refractivity contribution < 1.29 is 19.4 Å². The summed E-state index contributed by atoms with van der Waals surface area (Å²) in [5.41, 5.74) is 2.01. The normalized spacial score (nSPS) is 20.7. The number of benzene rings is 1. The third-order valence-electron chi connectivity index (χ3n) is 5.11. The Morgan fingerprint density at radius 2 is 2.08 bits per heavy atom. The second kappa shape index (κ2) is 7.95. The zero-order valence-corrected chi connectivity index (χ0v) is 15.2. The smallest absolute Gasteiger partial charge is 0.344 e. The number of carboxylic acids is 1. The van der Waals surface area contributed by atoms with Crippen molar-refractivity contribution in [2.24, 2.45) is 0 Å². The van der Waals surface area contributed by atoms with E-state index in [1.165, 1.54) is 12.8 Å². The van der Waals surface area contributed by atoms with Crippen LogP contribution in [0, 0.1) is 0 Å². The first-order valence-corrected chi connectivity index (χ1v) is 9.20. The van der Waals surface area contributed by atoms with Crippen LogP contribution in [0.2, 0.25) is 0 Å². The van der Waals surface area contributed by atoms with Gasteiger partial charge >= 0.3 is 5.97 Å². The van der Waals surface area contributed by atoms with Crippen molar-refractivity contribution in [2.75, 3.05) is 44.7 Å². The van der Waals surface area contributed by atoms with E-state index in [4.69, 9.17) is 9.47 Å². The molecule has 0 aromatic heterocycles. The van der Waals surface area contributed by atoms with Crippen molar-refractivity contribution in [1.29, 1.82) is 0 Å². The third-order valence-corrected chi connectivity index (χ3v) is 5.11. The number of aryl methyl sites for hydroxylation is 1. The molecule has 2 aliphatic rings. The van der Waals surface area contributed by atoms with E-state index < -0.39 is 12.1 Å². The van der Waals surface area contributed by atoms with Crippen LogP contribution in [0.15, 0.2) is 12.1 Å². The molecule has 0 spiro atoms. The van der Waals surface area contributed by atoms with Crippen LogP contribution < -0.4 is 14.4 Å². The van der Waals surface area contributed by atoms with Crippen LogP contribution >= 0.6 is 0 Å². The lowest BCUT2D eigenvalue weighted by Gasteiger charge is -2.38. The average Bonchev–Trinajstić information content (AvgIpc) is 2.65. The molecule has 6 heteroatoms.